The summed E-state index contributed by atoms with van der Waals surface area (Å²) < 4.78 is 5.00. The van der Waals surface area contributed by atoms with Gasteiger partial charge in [-0.25, -0.2) is 9.59 Å². The van der Waals surface area contributed by atoms with E-state index in [1.165, 1.54) is 11.0 Å². The summed E-state index contributed by atoms with van der Waals surface area (Å²) in [5.74, 6) is -1.39. The maximum atomic E-state index is 11.9. The van der Waals surface area contributed by atoms with Gasteiger partial charge < -0.3 is 25.8 Å². The molecule has 1 aromatic rings. The van der Waals surface area contributed by atoms with Crippen LogP contribution >= 0.6 is 0 Å². The Morgan fingerprint density at radius 1 is 1.38 bits per heavy atom. The third-order valence-corrected chi connectivity index (χ3v) is 2.46. The Hall–Kier alpha value is -2.77. The number of amides is 3. The second-order valence-electron chi connectivity index (χ2n) is 4.12. The lowest BCUT2D eigenvalue weighted by Crippen LogP contribution is -2.40. The van der Waals surface area contributed by atoms with Crippen molar-refractivity contribution in [2.45, 2.75) is 6.92 Å². The van der Waals surface area contributed by atoms with E-state index in [9.17, 15) is 14.4 Å². The fourth-order valence-electron chi connectivity index (χ4n) is 1.53. The van der Waals surface area contributed by atoms with Gasteiger partial charge in [0.05, 0.1) is 0 Å². The summed E-state index contributed by atoms with van der Waals surface area (Å²) in [6, 6.07) is 5.80. The predicted molar refractivity (Wildman–Crippen MR) is 75.0 cm³/mol. The molecule has 4 N–H and O–H groups in total. The van der Waals surface area contributed by atoms with E-state index in [4.69, 9.17) is 15.6 Å². The molecule has 0 spiro atoms. The van der Waals surface area contributed by atoms with Crippen molar-refractivity contribution in [1.29, 1.82) is 0 Å². The molecule has 0 atom stereocenters. The first-order valence-corrected chi connectivity index (χ1v) is 6.21. The number of nitrogens with zero attached hydrogens (tertiary/aromatic N) is 1. The van der Waals surface area contributed by atoms with Gasteiger partial charge in [0.15, 0.2) is 6.61 Å². The molecule has 8 heteroatoms. The first-order chi connectivity index (χ1) is 9.92. The van der Waals surface area contributed by atoms with E-state index in [2.05, 4.69) is 5.32 Å². The van der Waals surface area contributed by atoms with Crippen molar-refractivity contribution >= 4 is 23.6 Å². The number of nitrogens with one attached hydrogen (secondary N) is 1. The van der Waals surface area contributed by atoms with Crippen molar-refractivity contribution in [1.82, 2.24) is 4.90 Å². The third-order valence-electron chi connectivity index (χ3n) is 2.46. The molecule has 114 valence electrons. The lowest BCUT2D eigenvalue weighted by atomic mass is 10.3. The lowest BCUT2D eigenvalue weighted by Gasteiger charge is -2.19. The van der Waals surface area contributed by atoms with E-state index in [0.29, 0.717) is 18.0 Å². The lowest BCUT2D eigenvalue weighted by molar-refractivity contribution is -0.139. The zero-order valence-electron chi connectivity index (χ0n) is 11.5. The standard InChI is InChI=1S/C13H17N3O5/c1-2-16(7-11(14)17)13(20)15-9-4-3-5-10(6-9)21-8-12(18)19/h3-6H,2,7-8H2,1H3,(H2,14,17)(H,15,20)(H,18,19). The van der Waals surface area contributed by atoms with Crippen LogP contribution in [0.2, 0.25) is 0 Å². The molecule has 0 unspecified atom stereocenters. The number of primary amides is 1. The molecule has 0 bridgehead atoms. The quantitative estimate of drug-likeness (QED) is 0.675. The molecule has 0 aliphatic heterocycles. The number of likely N-dealkylation sites (N-methyl/N-ethyl adjacent to an activating group) is 1. The zero-order valence-corrected chi connectivity index (χ0v) is 11.5. The van der Waals surface area contributed by atoms with Crippen LogP contribution in [0, 0.1) is 0 Å². The van der Waals surface area contributed by atoms with Gasteiger partial charge in [0.2, 0.25) is 5.91 Å². The Kier molecular flexibility index (Phi) is 5.99. The molecular formula is C13H17N3O5. The van der Waals surface area contributed by atoms with Crippen LogP contribution in [0.5, 0.6) is 5.75 Å². The molecule has 1 aromatic carbocycles. The second-order valence-corrected chi connectivity index (χ2v) is 4.12. The Balaban J connectivity index is 2.68. The first kappa shape index (κ1) is 16.3. The number of rotatable bonds is 7. The fourth-order valence-corrected chi connectivity index (χ4v) is 1.53. The Morgan fingerprint density at radius 2 is 2.10 bits per heavy atom. The van der Waals surface area contributed by atoms with Gasteiger partial charge in [0.25, 0.3) is 0 Å². The van der Waals surface area contributed by atoms with Crippen LogP contribution in [0.3, 0.4) is 0 Å². The summed E-state index contributed by atoms with van der Waals surface area (Å²) in [5, 5.41) is 11.1. The SMILES string of the molecule is CCN(CC(N)=O)C(=O)Nc1cccc(OCC(=O)O)c1. The number of carboxylic acids is 1. The van der Waals surface area contributed by atoms with E-state index < -0.39 is 24.5 Å². The highest BCUT2D eigenvalue weighted by Crippen LogP contribution is 2.17. The average molecular weight is 295 g/mol. The number of hydrogen-bond acceptors (Lipinski definition) is 4. The molecular weight excluding hydrogens is 278 g/mol. The van der Waals surface area contributed by atoms with Gasteiger partial charge in [-0.15, -0.1) is 0 Å². The summed E-state index contributed by atoms with van der Waals surface area (Å²) >= 11 is 0. The Morgan fingerprint density at radius 3 is 2.67 bits per heavy atom. The minimum absolute atomic E-state index is 0.183. The minimum atomic E-state index is -1.09. The monoisotopic (exact) mass is 295 g/mol. The Bertz CT molecular complexity index is 532. The highest BCUT2D eigenvalue weighted by Gasteiger charge is 2.14. The van der Waals surface area contributed by atoms with Crippen LogP contribution in [0.25, 0.3) is 0 Å². The van der Waals surface area contributed by atoms with Crippen LogP contribution < -0.4 is 15.8 Å². The van der Waals surface area contributed by atoms with Crippen molar-refractivity contribution in [3.8, 4) is 5.75 Å². The van der Waals surface area contributed by atoms with Gasteiger partial charge in [0, 0.05) is 18.3 Å². The van der Waals surface area contributed by atoms with Crippen molar-refractivity contribution in [3.63, 3.8) is 0 Å². The van der Waals surface area contributed by atoms with Gasteiger partial charge in [-0.3, -0.25) is 4.79 Å². The van der Waals surface area contributed by atoms with Crippen LogP contribution in [0.15, 0.2) is 24.3 Å². The Labute approximate surface area is 121 Å². The zero-order chi connectivity index (χ0) is 15.8. The van der Waals surface area contributed by atoms with E-state index in [1.807, 2.05) is 0 Å². The molecule has 0 radical (unpaired) electrons. The molecule has 0 aliphatic carbocycles. The average Bonchev–Trinajstić information content (AvgIpc) is 2.42. The van der Waals surface area contributed by atoms with Crippen molar-refractivity contribution in [2.75, 3.05) is 25.0 Å². The van der Waals surface area contributed by atoms with Crippen molar-refractivity contribution in [2.24, 2.45) is 5.73 Å². The number of hydrogen-bond donors (Lipinski definition) is 3. The smallest absolute Gasteiger partial charge is 0.341 e. The predicted octanol–water partition coefficient (Wildman–Crippen LogP) is 0.489. The second kappa shape index (κ2) is 7.73. The largest absolute Gasteiger partial charge is 0.482 e. The van der Waals surface area contributed by atoms with Crippen molar-refractivity contribution < 1.29 is 24.2 Å². The number of anilines is 1. The van der Waals surface area contributed by atoms with E-state index in [0.717, 1.165) is 0 Å². The van der Waals surface area contributed by atoms with Crippen molar-refractivity contribution in [3.05, 3.63) is 24.3 Å². The van der Waals surface area contributed by atoms with E-state index >= 15 is 0 Å². The number of ether oxygens (including phenoxy) is 1. The maximum absolute atomic E-state index is 11.9. The molecule has 1 rings (SSSR count). The van der Waals surface area contributed by atoms with Gasteiger partial charge in [-0.1, -0.05) is 6.07 Å². The highest BCUT2D eigenvalue weighted by atomic mass is 16.5. The van der Waals surface area contributed by atoms with Crippen LogP contribution in [-0.4, -0.2) is 47.6 Å². The number of nitrogens with two attached hydrogens (primary N) is 1. The molecule has 8 nitrogen and oxygen atoms in total. The molecule has 0 saturated heterocycles. The highest BCUT2D eigenvalue weighted by molar-refractivity contribution is 5.92. The van der Waals surface area contributed by atoms with Crippen LogP contribution in [0.4, 0.5) is 10.5 Å². The summed E-state index contributed by atoms with van der Waals surface area (Å²) in [6.07, 6.45) is 0. The number of carboxylic acid groups (broad SMARTS) is 1. The third kappa shape index (κ3) is 5.81. The molecule has 0 heterocycles. The van der Waals surface area contributed by atoms with Crippen LogP contribution in [0.1, 0.15) is 6.92 Å². The molecule has 21 heavy (non-hydrogen) atoms. The molecule has 0 aliphatic rings. The number of carbonyl (C=O) groups is 3. The topological polar surface area (TPSA) is 122 Å². The fraction of sp³-hybridized carbons (Fsp3) is 0.308. The van der Waals surface area contributed by atoms with Gasteiger partial charge in [0.1, 0.15) is 12.3 Å². The van der Waals surface area contributed by atoms with Gasteiger partial charge >= 0.3 is 12.0 Å². The number of carbonyl (C=O) groups excluding carboxylic acids is 2. The number of urea groups is 1. The van der Waals surface area contributed by atoms with E-state index in [1.54, 1.807) is 25.1 Å². The van der Waals surface area contributed by atoms with Gasteiger partial charge in [-0.2, -0.15) is 0 Å². The van der Waals surface area contributed by atoms with E-state index in [-0.39, 0.29) is 6.54 Å². The maximum Gasteiger partial charge on any atom is 0.341 e. The minimum Gasteiger partial charge on any atom is -0.482 e. The summed E-state index contributed by atoms with van der Waals surface area (Å²) in [4.78, 5) is 34.4. The summed E-state index contributed by atoms with van der Waals surface area (Å²) in [6.45, 7) is 1.39. The molecule has 0 fully saturated rings. The summed E-state index contributed by atoms with van der Waals surface area (Å²) in [5.41, 5.74) is 5.48. The summed E-state index contributed by atoms with van der Waals surface area (Å²) in [7, 11) is 0. The first-order valence-electron chi connectivity index (χ1n) is 6.21. The van der Waals surface area contributed by atoms with Gasteiger partial charge in [-0.05, 0) is 19.1 Å². The molecule has 0 saturated carbocycles. The molecule has 0 aromatic heterocycles. The number of benzene rings is 1. The number of aliphatic carboxylic acids is 1. The molecule has 3 amide bonds. The van der Waals surface area contributed by atoms with Crippen LogP contribution in [-0.2, 0) is 9.59 Å². The normalized spacial score (nSPS) is 9.76.